The molecular formula is C14H15Cl2N3S. The van der Waals surface area contributed by atoms with Gasteiger partial charge in [0.05, 0.1) is 17.3 Å². The number of nitrogens with zero attached hydrogens (tertiary/aromatic N) is 2. The Morgan fingerprint density at radius 3 is 2.80 bits per heavy atom. The maximum Gasteiger partial charge on any atom is 0.107 e. The molecule has 0 saturated carbocycles. The number of nitrogens with one attached hydrogen (secondary N) is 1. The van der Waals surface area contributed by atoms with Crippen molar-refractivity contribution in [1.82, 2.24) is 15.2 Å². The van der Waals surface area contributed by atoms with E-state index < -0.39 is 0 Å². The molecule has 0 atom stereocenters. The van der Waals surface area contributed by atoms with Gasteiger partial charge in [0.2, 0.25) is 0 Å². The Hall–Kier alpha value is -0.650. The minimum atomic E-state index is 0.648. The summed E-state index contributed by atoms with van der Waals surface area (Å²) in [6, 6.07) is 5.53. The topological polar surface area (TPSA) is 28.2 Å². The molecule has 1 N–H and O–H groups in total. The van der Waals surface area contributed by atoms with Gasteiger partial charge < -0.3 is 5.32 Å². The normalized spacial score (nSPS) is 16.5. The minimum absolute atomic E-state index is 0.648. The highest BCUT2D eigenvalue weighted by Gasteiger charge is 2.13. The Kier molecular flexibility index (Phi) is 4.58. The van der Waals surface area contributed by atoms with Crippen LogP contribution in [0.1, 0.15) is 5.01 Å². The fraction of sp³-hybridized carbons (Fsp3) is 0.357. The monoisotopic (exact) mass is 327 g/mol. The molecule has 1 aromatic carbocycles. The van der Waals surface area contributed by atoms with Gasteiger partial charge in [-0.25, -0.2) is 4.98 Å². The summed E-state index contributed by atoms with van der Waals surface area (Å²) in [5.41, 5.74) is 1.88. The summed E-state index contributed by atoms with van der Waals surface area (Å²) in [6.07, 6.45) is 0. The second-order valence-corrected chi connectivity index (χ2v) is 6.56. The average molecular weight is 328 g/mol. The molecule has 1 fully saturated rings. The van der Waals surface area contributed by atoms with Crippen LogP contribution in [0.3, 0.4) is 0 Å². The number of halogens is 2. The van der Waals surface area contributed by atoms with E-state index in [9.17, 15) is 0 Å². The van der Waals surface area contributed by atoms with Crippen molar-refractivity contribution >= 4 is 34.5 Å². The van der Waals surface area contributed by atoms with Crippen molar-refractivity contribution in [3.63, 3.8) is 0 Å². The van der Waals surface area contributed by atoms with Crippen LogP contribution in [0, 0.1) is 0 Å². The molecule has 2 aromatic rings. The van der Waals surface area contributed by atoms with Crippen LogP contribution in [0.15, 0.2) is 23.6 Å². The smallest absolute Gasteiger partial charge is 0.107 e. The van der Waals surface area contributed by atoms with E-state index in [-0.39, 0.29) is 0 Å². The quantitative estimate of drug-likeness (QED) is 0.934. The lowest BCUT2D eigenvalue weighted by Gasteiger charge is -2.26. The third-order valence-electron chi connectivity index (χ3n) is 3.33. The van der Waals surface area contributed by atoms with E-state index in [4.69, 9.17) is 28.2 Å². The van der Waals surface area contributed by atoms with Crippen molar-refractivity contribution in [2.75, 3.05) is 26.2 Å². The number of hydrogen-bond acceptors (Lipinski definition) is 4. The predicted molar refractivity (Wildman–Crippen MR) is 85.7 cm³/mol. The van der Waals surface area contributed by atoms with Crippen LogP contribution < -0.4 is 5.32 Å². The summed E-state index contributed by atoms with van der Waals surface area (Å²) in [7, 11) is 0. The van der Waals surface area contributed by atoms with Crippen LogP contribution >= 0.6 is 34.5 Å². The van der Waals surface area contributed by atoms with Gasteiger partial charge in [0, 0.05) is 42.1 Å². The molecule has 0 bridgehead atoms. The maximum absolute atomic E-state index is 6.23. The summed E-state index contributed by atoms with van der Waals surface area (Å²) in [6.45, 7) is 5.19. The first kappa shape index (κ1) is 14.3. The highest BCUT2D eigenvalue weighted by Crippen LogP contribution is 2.31. The molecule has 20 heavy (non-hydrogen) atoms. The van der Waals surface area contributed by atoms with Crippen molar-refractivity contribution in [2.45, 2.75) is 6.54 Å². The van der Waals surface area contributed by atoms with Crippen LogP contribution in [-0.4, -0.2) is 36.1 Å². The van der Waals surface area contributed by atoms with Gasteiger partial charge >= 0.3 is 0 Å². The van der Waals surface area contributed by atoms with E-state index in [0.717, 1.165) is 49.0 Å². The average Bonchev–Trinajstić information content (AvgIpc) is 2.88. The number of piperazine rings is 1. The zero-order chi connectivity index (χ0) is 13.9. The molecule has 0 amide bonds. The zero-order valence-corrected chi connectivity index (χ0v) is 13.2. The van der Waals surface area contributed by atoms with E-state index in [2.05, 4.69) is 15.6 Å². The molecule has 1 aliphatic heterocycles. The molecule has 0 radical (unpaired) electrons. The van der Waals surface area contributed by atoms with Crippen molar-refractivity contribution in [3.8, 4) is 11.3 Å². The van der Waals surface area contributed by atoms with Crippen molar-refractivity contribution in [3.05, 3.63) is 38.6 Å². The molecule has 1 saturated heterocycles. The van der Waals surface area contributed by atoms with Gasteiger partial charge in [-0.05, 0) is 18.2 Å². The molecule has 3 rings (SSSR count). The number of rotatable bonds is 3. The van der Waals surface area contributed by atoms with Crippen LogP contribution in [0.5, 0.6) is 0 Å². The summed E-state index contributed by atoms with van der Waals surface area (Å²) < 4.78 is 0. The predicted octanol–water partition coefficient (Wildman–Crippen LogP) is 3.52. The van der Waals surface area contributed by atoms with E-state index in [1.165, 1.54) is 0 Å². The van der Waals surface area contributed by atoms with Gasteiger partial charge in [-0.2, -0.15) is 0 Å². The van der Waals surface area contributed by atoms with Gasteiger partial charge in [0.25, 0.3) is 0 Å². The van der Waals surface area contributed by atoms with Gasteiger partial charge in [-0.3, -0.25) is 4.90 Å². The molecule has 3 nitrogen and oxygen atoms in total. The lowest BCUT2D eigenvalue weighted by molar-refractivity contribution is 0.233. The molecule has 106 valence electrons. The molecule has 0 unspecified atom stereocenters. The van der Waals surface area contributed by atoms with Gasteiger partial charge in [-0.15, -0.1) is 11.3 Å². The second-order valence-electron chi connectivity index (χ2n) is 4.78. The summed E-state index contributed by atoms with van der Waals surface area (Å²) >= 11 is 13.8. The van der Waals surface area contributed by atoms with Gasteiger partial charge in [0.1, 0.15) is 5.01 Å². The zero-order valence-electron chi connectivity index (χ0n) is 10.9. The first-order valence-electron chi connectivity index (χ1n) is 6.55. The fourth-order valence-corrected chi connectivity index (χ4v) is 3.61. The lowest BCUT2D eigenvalue weighted by atomic mass is 10.2. The van der Waals surface area contributed by atoms with Gasteiger partial charge in [-0.1, -0.05) is 23.2 Å². The molecule has 0 aliphatic carbocycles. The van der Waals surface area contributed by atoms with E-state index >= 15 is 0 Å². The molecular weight excluding hydrogens is 313 g/mol. The SMILES string of the molecule is Clc1ccc(-c2csc(CN3CCNCC3)n2)c(Cl)c1. The van der Waals surface area contributed by atoms with E-state index in [0.29, 0.717) is 10.0 Å². The van der Waals surface area contributed by atoms with Crippen LogP contribution in [0.4, 0.5) is 0 Å². The molecule has 1 aromatic heterocycles. The molecule has 6 heteroatoms. The maximum atomic E-state index is 6.23. The highest BCUT2D eigenvalue weighted by molar-refractivity contribution is 7.09. The third kappa shape index (κ3) is 3.32. The summed E-state index contributed by atoms with van der Waals surface area (Å²) in [5.74, 6) is 0. The Bertz CT molecular complexity index is 594. The summed E-state index contributed by atoms with van der Waals surface area (Å²) in [4.78, 5) is 7.11. The van der Waals surface area contributed by atoms with Crippen LogP contribution in [-0.2, 0) is 6.54 Å². The lowest BCUT2D eigenvalue weighted by Crippen LogP contribution is -2.42. The number of hydrogen-bond donors (Lipinski definition) is 1. The Morgan fingerprint density at radius 1 is 1.25 bits per heavy atom. The van der Waals surface area contributed by atoms with Crippen LogP contribution in [0.2, 0.25) is 10.0 Å². The molecule has 2 heterocycles. The van der Waals surface area contributed by atoms with E-state index in [1.807, 2.05) is 12.1 Å². The first-order valence-corrected chi connectivity index (χ1v) is 8.19. The Balaban J connectivity index is 1.75. The first-order chi connectivity index (χ1) is 9.72. The van der Waals surface area contributed by atoms with Crippen molar-refractivity contribution in [1.29, 1.82) is 0 Å². The third-order valence-corrected chi connectivity index (χ3v) is 4.71. The molecule has 0 spiro atoms. The fourth-order valence-electron chi connectivity index (χ4n) is 2.26. The minimum Gasteiger partial charge on any atom is -0.314 e. The summed E-state index contributed by atoms with van der Waals surface area (Å²) in [5, 5.41) is 7.85. The van der Waals surface area contributed by atoms with Crippen LogP contribution in [0.25, 0.3) is 11.3 Å². The van der Waals surface area contributed by atoms with Crippen molar-refractivity contribution < 1.29 is 0 Å². The Labute approximate surface area is 132 Å². The number of benzene rings is 1. The highest BCUT2D eigenvalue weighted by atomic mass is 35.5. The van der Waals surface area contributed by atoms with Crippen molar-refractivity contribution in [2.24, 2.45) is 0 Å². The largest absolute Gasteiger partial charge is 0.314 e. The van der Waals surface area contributed by atoms with Gasteiger partial charge in [0.15, 0.2) is 0 Å². The standard InChI is InChI=1S/C14H15Cl2N3S/c15-10-1-2-11(12(16)7-10)13-9-20-14(18-13)8-19-5-3-17-4-6-19/h1-2,7,9,17H,3-6,8H2. The number of thiazole rings is 1. The van der Waals surface area contributed by atoms with E-state index in [1.54, 1.807) is 17.4 Å². The molecule has 1 aliphatic rings. The Morgan fingerprint density at radius 2 is 2.05 bits per heavy atom. The second kappa shape index (κ2) is 6.41. The number of aromatic nitrogens is 1.